The third-order valence-electron chi connectivity index (χ3n) is 2.89. The Kier molecular flexibility index (Phi) is 5.50. The number of hydrazone groups is 1. The predicted molar refractivity (Wildman–Crippen MR) is 88.2 cm³/mol. The van der Waals surface area contributed by atoms with Crippen molar-refractivity contribution < 1.29 is 9.94 Å². The molecule has 0 spiro atoms. The maximum Gasteiger partial charge on any atom is 0.173 e. The Hall–Kier alpha value is -2.86. The number of hydrogen-bond acceptors (Lipinski definition) is 5. The summed E-state index contributed by atoms with van der Waals surface area (Å²) in [7, 11) is 1.57. The molecule has 0 saturated heterocycles. The lowest BCUT2D eigenvalue weighted by Gasteiger charge is -2.08. The normalized spacial score (nSPS) is 12.0. The zero-order valence-electron chi connectivity index (χ0n) is 12.4. The Balaban J connectivity index is 2.21. The van der Waals surface area contributed by atoms with Gasteiger partial charge in [0.2, 0.25) is 0 Å². The molecular weight excluding hydrogens is 280 g/mol. The van der Waals surface area contributed by atoms with Crippen LogP contribution in [0.1, 0.15) is 6.92 Å². The van der Waals surface area contributed by atoms with Gasteiger partial charge in [-0.05, 0) is 31.2 Å². The number of aliphatic imine (C=N–C) groups is 1. The van der Waals surface area contributed by atoms with Crippen molar-refractivity contribution in [3.05, 3.63) is 54.6 Å². The third kappa shape index (κ3) is 4.07. The number of methoxy groups -OCH3 is 1. The van der Waals surface area contributed by atoms with E-state index in [1.54, 1.807) is 26.2 Å². The summed E-state index contributed by atoms with van der Waals surface area (Å²) in [6, 6.07) is 16.8. The van der Waals surface area contributed by atoms with Crippen LogP contribution in [0.3, 0.4) is 0 Å². The molecule has 0 aliphatic heterocycles. The van der Waals surface area contributed by atoms with E-state index < -0.39 is 0 Å². The molecule has 0 atom stereocenters. The zero-order chi connectivity index (χ0) is 15.8. The summed E-state index contributed by atoms with van der Waals surface area (Å²) in [6.45, 7) is 1.73. The summed E-state index contributed by atoms with van der Waals surface area (Å²) in [5.41, 5.74) is 6.89. The summed E-state index contributed by atoms with van der Waals surface area (Å²) >= 11 is 0. The molecule has 0 aliphatic rings. The molecule has 0 fully saturated rings. The smallest absolute Gasteiger partial charge is 0.173 e. The topological polar surface area (TPSA) is 78.2 Å². The van der Waals surface area contributed by atoms with Gasteiger partial charge in [-0.2, -0.15) is 5.10 Å². The monoisotopic (exact) mass is 298 g/mol. The van der Waals surface area contributed by atoms with E-state index in [-0.39, 0.29) is 5.84 Å². The van der Waals surface area contributed by atoms with E-state index in [1.807, 2.05) is 42.5 Å². The van der Waals surface area contributed by atoms with Crippen LogP contribution in [0.4, 0.5) is 11.4 Å². The van der Waals surface area contributed by atoms with Crippen LogP contribution in [0, 0.1) is 0 Å². The number of ether oxygens (including phenoxy) is 1. The average molecular weight is 298 g/mol. The lowest BCUT2D eigenvalue weighted by atomic mass is 10.3. The molecule has 0 saturated carbocycles. The van der Waals surface area contributed by atoms with Gasteiger partial charge in [0.25, 0.3) is 0 Å². The van der Waals surface area contributed by atoms with Crippen LogP contribution in [0.15, 0.2) is 64.7 Å². The maximum absolute atomic E-state index is 9.29. The molecule has 114 valence electrons. The van der Waals surface area contributed by atoms with Crippen LogP contribution in [-0.4, -0.2) is 23.9 Å². The van der Waals surface area contributed by atoms with Crippen LogP contribution >= 0.6 is 0 Å². The Labute approximate surface area is 129 Å². The van der Waals surface area contributed by atoms with Crippen molar-refractivity contribution >= 4 is 22.9 Å². The first-order valence-corrected chi connectivity index (χ1v) is 6.72. The van der Waals surface area contributed by atoms with Crippen molar-refractivity contribution in [2.75, 3.05) is 12.5 Å². The first-order valence-electron chi connectivity index (χ1n) is 6.72. The highest BCUT2D eigenvalue weighted by Crippen LogP contribution is 2.26. The minimum atomic E-state index is 0.230. The number of benzene rings is 2. The van der Waals surface area contributed by atoms with E-state index in [2.05, 4.69) is 21.0 Å². The molecule has 2 aromatic rings. The van der Waals surface area contributed by atoms with E-state index in [0.717, 1.165) is 5.69 Å². The van der Waals surface area contributed by atoms with Gasteiger partial charge in [0, 0.05) is 0 Å². The largest absolute Gasteiger partial charge is 0.494 e. The van der Waals surface area contributed by atoms with Gasteiger partial charge in [-0.3, -0.25) is 16.1 Å². The summed E-state index contributed by atoms with van der Waals surface area (Å²) in [4.78, 5) is 4.32. The minimum Gasteiger partial charge on any atom is -0.494 e. The summed E-state index contributed by atoms with van der Waals surface area (Å²) in [5, 5.41) is 13.5. The number of para-hydroxylation sites is 3. The SMILES string of the molecule is COc1ccccc1N=C(NO)/C(C)=N\Nc1ccccc1. The number of hydroxylamine groups is 1. The predicted octanol–water partition coefficient (Wildman–Crippen LogP) is 3.19. The van der Waals surface area contributed by atoms with Crippen molar-refractivity contribution in [3.8, 4) is 5.75 Å². The van der Waals surface area contributed by atoms with Crippen LogP contribution in [0.5, 0.6) is 5.75 Å². The standard InChI is InChI=1S/C16H18N4O2/c1-12(18-19-13-8-4-3-5-9-13)16(20-21)17-14-10-6-7-11-15(14)22-2/h3-11,19,21H,1-2H3,(H,17,20)/b18-12-. The molecule has 22 heavy (non-hydrogen) atoms. The van der Waals surface area contributed by atoms with Gasteiger partial charge in [0.05, 0.1) is 12.8 Å². The molecule has 0 heterocycles. The summed E-state index contributed by atoms with van der Waals surface area (Å²) in [6.07, 6.45) is 0. The van der Waals surface area contributed by atoms with Crippen LogP contribution in [-0.2, 0) is 0 Å². The molecule has 0 bridgehead atoms. The molecular formula is C16H18N4O2. The lowest BCUT2D eigenvalue weighted by molar-refractivity contribution is 0.236. The minimum absolute atomic E-state index is 0.230. The highest BCUT2D eigenvalue weighted by Gasteiger charge is 2.06. The van der Waals surface area contributed by atoms with E-state index in [9.17, 15) is 5.21 Å². The Morgan fingerprint density at radius 1 is 1.05 bits per heavy atom. The van der Waals surface area contributed by atoms with Crippen molar-refractivity contribution in [1.29, 1.82) is 0 Å². The van der Waals surface area contributed by atoms with Gasteiger partial charge in [-0.15, -0.1) is 0 Å². The quantitative estimate of drug-likeness (QED) is 0.450. The molecule has 0 aromatic heterocycles. The fourth-order valence-electron chi connectivity index (χ4n) is 1.74. The van der Waals surface area contributed by atoms with E-state index in [4.69, 9.17) is 4.74 Å². The number of anilines is 1. The van der Waals surface area contributed by atoms with Crippen molar-refractivity contribution in [3.63, 3.8) is 0 Å². The van der Waals surface area contributed by atoms with Gasteiger partial charge in [-0.1, -0.05) is 30.3 Å². The Bertz CT molecular complexity index is 669. The highest BCUT2D eigenvalue weighted by molar-refractivity contribution is 6.40. The first-order chi connectivity index (χ1) is 10.7. The molecule has 6 heteroatoms. The summed E-state index contributed by atoms with van der Waals surface area (Å²) < 4.78 is 5.23. The Morgan fingerprint density at radius 3 is 2.41 bits per heavy atom. The molecule has 3 N–H and O–H groups in total. The van der Waals surface area contributed by atoms with Gasteiger partial charge >= 0.3 is 0 Å². The fourth-order valence-corrected chi connectivity index (χ4v) is 1.74. The van der Waals surface area contributed by atoms with E-state index in [0.29, 0.717) is 17.1 Å². The first kappa shape index (κ1) is 15.5. The molecule has 2 aromatic carbocycles. The number of nitrogens with one attached hydrogen (secondary N) is 2. The molecule has 6 nitrogen and oxygen atoms in total. The van der Waals surface area contributed by atoms with Gasteiger partial charge in [0.15, 0.2) is 5.84 Å². The van der Waals surface area contributed by atoms with Gasteiger partial charge in [0.1, 0.15) is 17.1 Å². The maximum atomic E-state index is 9.29. The number of hydrogen-bond donors (Lipinski definition) is 3. The lowest BCUT2D eigenvalue weighted by Crippen LogP contribution is -2.27. The van der Waals surface area contributed by atoms with Crippen molar-refractivity contribution in [2.24, 2.45) is 10.1 Å². The fraction of sp³-hybridized carbons (Fsp3) is 0.125. The van der Waals surface area contributed by atoms with E-state index in [1.165, 1.54) is 0 Å². The van der Waals surface area contributed by atoms with Crippen LogP contribution in [0.25, 0.3) is 0 Å². The number of amidine groups is 1. The Morgan fingerprint density at radius 2 is 1.73 bits per heavy atom. The molecule has 0 aliphatic carbocycles. The van der Waals surface area contributed by atoms with Crippen molar-refractivity contribution in [1.82, 2.24) is 5.48 Å². The molecule has 2 rings (SSSR count). The van der Waals surface area contributed by atoms with E-state index >= 15 is 0 Å². The van der Waals surface area contributed by atoms with Gasteiger partial charge < -0.3 is 4.74 Å². The second-order valence-corrected chi connectivity index (χ2v) is 4.42. The number of nitrogens with zero attached hydrogens (tertiary/aromatic N) is 2. The van der Waals surface area contributed by atoms with Crippen LogP contribution in [0.2, 0.25) is 0 Å². The van der Waals surface area contributed by atoms with Crippen LogP contribution < -0.4 is 15.6 Å². The molecule has 0 unspecified atom stereocenters. The second kappa shape index (κ2) is 7.80. The summed E-state index contributed by atoms with van der Waals surface area (Å²) in [5.74, 6) is 0.840. The zero-order valence-corrected chi connectivity index (χ0v) is 12.4. The molecule has 0 radical (unpaired) electrons. The highest BCUT2D eigenvalue weighted by atomic mass is 16.5. The third-order valence-corrected chi connectivity index (χ3v) is 2.89. The number of rotatable bonds is 5. The molecule has 0 amide bonds. The average Bonchev–Trinajstić information content (AvgIpc) is 2.58. The van der Waals surface area contributed by atoms with Crippen molar-refractivity contribution in [2.45, 2.75) is 6.92 Å². The second-order valence-electron chi connectivity index (χ2n) is 4.42. The van der Waals surface area contributed by atoms with Gasteiger partial charge in [-0.25, -0.2) is 4.99 Å².